The first-order valence-electron chi connectivity index (χ1n) is 7.00. The van der Waals surface area contributed by atoms with Crippen LogP contribution in [0.2, 0.25) is 0 Å². The van der Waals surface area contributed by atoms with E-state index in [1.165, 1.54) is 25.7 Å². The number of aryl methyl sites for hydroxylation is 1. The zero-order valence-corrected chi connectivity index (χ0v) is 10.9. The van der Waals surface area contributed by atoms with E-state index in [0.29, 0.717) is 23.4 Å². The molecule has 0 unspecified atom stereocenters. The summed E-state index contributed by atoms with van der Waals surface area (Å²) >= 11 is 0. The topological polar surface area (TPSA) is 46.3 Å². The highest BCUT2D eigenvalue weighted by molar-refractivity contribution is 5.92. The molecule has 1 aliphatic carbocycles. The molecule has 0 aromatic carbocycles. The quantitative estimate of drug-likeness (QED) is 0.767. The van der Waals surface area contributed by atoms with Gasteiger partial charge in [-0.3, -0.25) is 4.79 Å². The minimum absolute atomic E-state index is 0.0588. The number of carbonyl (C=O) groups excluding carboxylic acids is 1. The van der Waals surface area contributed by atoms with Crippen LogP contribution in [0.25, 0.3) is 0 Å². The molecule has 0 N–H and O–H groups in total. The van der Waals surface area contributed by atoms with Crippen LogP contribution < -0.4 is 0 Å². The molecule has 0 radical (unpaired) electrons. The number of hydrogen-bond donors (Lipinski definition) is 0. The van der Waals surface area contributed by atoms with Crippen LogP contribution >= 0.6 is 0 Å². The molecule has 1 aromatic rings. The van der Waals surface area contributed by atoms with Crippen LogP contribution in [-0.2, 0) is 0 Å². The minimum atomic E-state index is 0.0588. The molecule has 1 saturated heterocycles. The van der Waals surface area contributed by atoms with Gasteiger partial charge in [0.05, 0.1) is 0 Å². The second-order valence-corrected chi connectivity index (χ2v) is 5.58. The predicted molar refractivity (Wildman–Crippen MR) is 67.3 cm³/mol. The molecule has 4 nitrogen and oxygen atoms in total. The van der Waals surface area contributed by atoms with Gasteiger partial charge in [0.1, 0.15) is 5.76 Å². The molecule has 2 heterocycles. The van der Waals surface area contributed by atoms with E-state index in [1.807, 2.05) is 11.8 Å². The van der Waals surface area contributed by atoms with Gasteiger partial charge in [-0.2, -0.15) is 0 Å². The lowest BCUT2D eigenvalue weighted by Crippen LogP contribution is -2.49. The van der Waals surface area contributed by atoms with E-state index < -0.39 is 0 Å². The number of likely N-dealkylation sites (tertiary alicyclic amines) is 1. The molecule has 2 atom stereocenters. The summed E-state index contributed by atoms with van der Waals surface area (Å²) in [5.74, 6) is 1.48. The van der Waals surface area contributed by atoms with Gasteiger partial charge in [0.2, 0.25) is 0 Å². The van der Waals surface area contributed by atoms with Gasteiger partial charge in [-0.05, 0) is 38.5 Å². The first kappa shape index (κ1) is 11.8. The van der Waals surface area contributed by atoms with Crippen LogP contribution in [-0.4, -0.2) is 28.6 Å². The Kier molecular flexibility index (Phi) is 3.10. The zero-order valence-electron chi connectivity index (χ0n) is 10.9. The molecule has 3 rings (SSSR count). The first-order chi connectivity index (χ1) is 8.75. The highest BCUT2D eigenvalue weighted by Crippen LogP contribution is 2.35. The van der Waals surface area contributed by atoms with Crippen molar-refractivity contribution in [2.45, 2.75) is 51.5 Å². The lowest BCUT2D eigenvalue weighted by atomic mass is 9.78. The summed E-state index contributed by atoms with van der Waals surface area (Å²) in [6.07, 6.45) is 7.44. The molecule has 1 aliphatic heterocycles. The van der Waals surface area contributed by atoms with Gasteiger partial charge >= 0.3 is 0 Å². The van der Waals surface area contributed by atoms with Crippen molar-refractivity contribution in [3.8, 4) is 0 Å². The molecule has 0 bridgehead atoms. The van der Waals surface area contributed by atoms with Crippen LogP contribution in [0.4, 0.5) is 0 Å². The number of rotatable bonds is 1. The molecule has 0 spiro atoms. The van der Waals surface area contributed by atoms with E-state index in [-0.39, 0.29) is 5.91 Å². The van der Waals surface area contributed by atoms with Crippen molar-refractivity contribution in [1.29, 1.82) is 0 Å². The number of piperidine rings is 1. The molecule has 1 saturated carbocycles. The van der Waals surface area contributed by atoms with E-state index in [1.54, 1.807) is 6.07 Å². The van der Waals surface area contributed by atoms with Gasteiger partial charge < -0.3 is 9.42 Å². The molecule has 18 heavy (non-hydrogen) atoms. The van der Waals surface area contributed by atoms with Crippen molar-refractivity contribution in [1.82, 2.24) is 10.1 Å². The van der Waals surface area contributed by atoms with Crippen LogP contribution in [0.3, 0.4) is 0 Å². The van der Waals surface area contributed by atoms with Crippen molar-refractivity contribution in [2.24, 2.45) is 5.92 Å². The third kappa shape index (κ3) is 2.04. The van der Waals surface area contributed by atoms with E-state index in [4.69, 9.17) is 4.52 Å². The number of fused-ring (bicyclic) bond motifs is 1. The van der Waals surface area contributed by atoms with E-state index >= 15 is 0 Å². The van der Waals surface area contributed by atoms with Crippen molar-refractivity contribution in [3.05, 3.63) is 17.5 Å². The number of hydrogen-bond acceptors (Lipinski definition) is 3. The molecule has 1 amide bonds. The number of nitrogens with zero attached hydrogens (tertiary/aromatic N) is 2. The first-order valence-corrected chi connectivity index (χ1v) is 7.00. The Hall–Kier alpha value is -1.32. The van der Waals surface area contributed by atoms with Gasteiger partial charge in [-0.1, -0.05) is 18.0 Å². The van der Waals surface area contributed by atoms with Crippen molar-refractivity contribution in [3.63, 3.8) is 0 Å². The Bertz CT molecular complexity index is 439. The van der Waals surface area contributed by atoms with Crippen molar-refractivity contribution >= 4 is 5.91 Å². The van der Waals surface area contributed by atoms with Gasteiger partial charge in [0, 0.05) is 18.7 Å². The van der Waals surface area contributed by atoms with E-state index in [2.05, 4.69) is 5.16 Å². The second kappa shape index (κ2) is 4.75. The SMILES string of the molecule is Cc1cc(C(=O)N2CCC[C@H]3CCCC[C@H]32)no1. The van der Waals surface area contributed by atoms with Gasteiger partial charge in [0.15, 0.2) is 5.69 Å². The van der Waals surface area contributed by atoms with Gasteiger partial charge in [-0.15, -0.1) is 0 Å². The fraction of sp³-hybridized carbons (Fsp3) is 0.714. The third-order valence-corrected chi connectivity index (χ3v) is 4.35. The van der Waals surface area contributed by atoms with Crippen molar-refractivity contribution in [2.75, 3.05) is 6.54 Å². The predicted octanol–water partition coefficient (Wildman–Crippen LogP) is 2.78. The number of aromatic nitrogens is 1. The maximum atomic E-state index is 12.5. The molecule has 2 fully saturated rings. The Balaban J connectivity index is 1.79. The largest absolute Gasteiger partial charge is 0.361 e. The fourth-order valence-corrected chi connectivity index (χ4v) is 3.49. The lowest BCUT2D eigenvalue weighted by molar-refractivity contribution is 0.0381. The van der Waals surface area contributed by atoms with Gasteiger partial charge in [-0.25, -0.2) is 0 Å². The standard InChI is InChI=1S/C14H20N2O2/c1-10-9-12(15-18-10)14(17)16-8-4-6-11-5-2-3-7-13(11)16/h9,11,13H,2-8H2,1H3/t11-,13-/m1/s1. The third-order valence-electron chi connectivity index (χ3n) is 4.35. The normalized spacial score (nSPS) is 27.9. The number of amides is 1. The smallest absolute Gasteiger partial charge is 0.276 e. The average molecular weight is 248 g/mol. The maximum Gasteiger partial charge on any atom is 0.276 e. The summed E-state index contributed by atoms with van der Waals surface area (Å²) in [5, 5.41) is 3.86. The van der Waals surface area contributed by atoms with Crippen LogP contribution in [0.5, 0.6) is 0 Å². The zero-order chi connectivity index (χ0) is 12.5. The molecular formula is C14H20N2O2. The van der Waals surface area contributed by atoms with Crippen LogP contribution in [0.1, 0.15) is 54.8 Å². The van der Waals surface area contributed by atoms with E-state index in [0.717, 1.165) is 19.4 Å². The minimum Gasteiger partial charge on any atom is -0.361 e. The second-order valence-electron chi connectivity index (χ2n) is 5.58. The number of carbonyl (C=O) groups is 1. The molecule has 4 heteroatoms. The summed E-state index contributed by atoms with van der Waals surface area (Å²) in [6.45, 7) is 2.70. The molecule has 2 aliphatic rings. The summed E-state index contributed by atoms with van der Waals surface area (Å²) in [5.41, 5.74) is 0.471. The Morgan fingerprint density at radius 2 is 2.11 bits per heavy atom. The molecular weight excluding hydrogens is 228 g/mol. The van der Waals surface area contributed by atoms with Crippen LogP contribution in [0.15, 0.2) is 10.6 Å². The van der Waals surface area contributed by atoms with Crippen LogP contribution in [0, 0.1) is 12.8 Å². The summed E-state index contributed by atoms with van der Waals surface area (Å²) in [7, 11) is 0. The highest BCUT2D eigenvalue weighted by Gasteiger charge is 2.36. The molecule has 98 valence electrons. The fourth-order valence-electron chi connectivity index (χ4n) is 3.49. The Morgan fingerprint density at radius 3 is 2.89 bits per heavy atom. The van der Waals surface area contributed by atoms with Gasteiger partial charge in [0.25, 0.3) is 5.91 Å². The Labute approximate surface area is 107 Å². The molecule has 1 aromatic heterocycles. The maximum absolute atomic E-state index is 12.5. The van der Waals surface area contributed by atoms with Crippen molar-refractivity contribution < 1.29 is 9.32 Å². The van der Waals surface area contributed by atoms with E-state index in [9.17, 15) is 4.79 Å². The lowest BCUT2D eigenvalue weighted by Gasteiger charge is -2.43. The summed E-state index contributed by atoms with van der Waals surface area (Å²) in [4.78, 5) is 14.5. The highest BCUT2D eigenvalue weighted by atomic mass is 16.5. The average Bonchev–Trinajstić information content (AvgIpc) is 2.84. The summed E-state index contributed by atoms with van der Waals surface area (Å²) < 4.78 is 5.01. The summed E-state index contributed by atoms with van der Waals surface area (Å²) in [6, 6.07) is 2.19. The Morgan fingerprint density at radius 1 is 1.33 bits per heavy atom. The monoisotopic (exact) mass is 248 g/mol.